The third-order valence-electron chi connectivity index (χ3n) is 3.71. The Bertz CT molecular complexity index is 548. The quantitative estimate of drug-likeness (QED) is 0.799. The second kappa shape index (κ2) is 7.79. The first kappa shape index (κ1) is 16.3. The van der Waals surface area contributed by atoms with E-state index in [9.17, 15) is 10.1 Å². The largest absolute Gasteiger partial charge is 0.378 e. The van der Waals surface area contributed by atoms with E-state index in [2.05, 4.69) is 0 Å². The summed E-state index contributed by atoms with van der Waals surface area (Å²) < 4.78 is 5.61. The van der Waals surface area contributed by atoms with Gasteiger partial charge in [-0.25, -0.2) is 0 Å². The summed E-state index contributed by atoms with van der Waals surface area (Å²) in [6, 6.07) is 6.89. The first-order valence-electron chi connectivity index (χ1n) is 7.10. The van der Waals surface area contributed by atoms with Crippen molar-refractivity contribution in [2.75, 3.05) is 6.61 Å². The Labute approximate surface area is 134 Å². The molecule has 2 rings (SSSR count). The summed E-state index contributed by atoms with van der Waals surface area (Å²) >= 11 is 11.9. The van der Waals surface area contributed by atoms with Crippen molar-refractivity contribution >= 4 is 29.0 Å². The molecule has 0 amide bonds. The zero-order chi connectivity index (χ0) is 15.2. The Kier molecular flexibility index (Phi) is 6.05. The summed E-state index contributed by atoms with van der Waals surface area (Å²) in [7, 11) is 0. The molecule has 0 aliphatic carbocycles. The third kappa shape index (κ3) is 4.44. The van der Waals surface area contributed by atoms with Crippen LogP contribution >= 0.6 is 23.2 Å². The van der Waals surface area contributed by atoms with Crippen LogP contribution in [0, 0.1) is 11.3 Å². The fourth-order valence-corrected chi connectivity index (χ4v) is 3.05. The van der Waals surface area contributed by atoms with E-state index in [1.807, 2.05) is 6.07 Å². The van der Waals surface area contributed by atoms with Crippen LogP contribution in [0.15, 0.2) is 18.2 Å². The fraction of sp³-hybridized carbons (Fsp3) is 0.500. The molecule has 0 radical (unpaired) electrons. The van der Waals surface area contributed by atoms with E-state index in [4.69, 9.17) is 27.9 Å². The van der Waals surface area contributed by atoms with Crippen molar-refractivity contribution in [2.45, 2.75) is 44.1 Å². The molecule has 0 saturated carbocycles. The number of rotatable bonds is 5. The average molecular weight is 326 g/mol. The van der Waals surface area contributed by atoms with E-state index in [0.717, 1.165) is 25.9 Å². The SMILES string of the molecule is N#CC(C(=O)CCC1CCCCO1)c1ccc(Cl)cc1Cl. The van der Waals surface area contributed by atoms with Gasteiger partial charge in [0.25, 0.3) is 0 Å². The molecule has 1 aliphatic rings. The van der Waals surface area contributed by atoms with Crippen LogP contribution in [-0.4, -0.2) is 18.5 Å². The van der Waals surface area contributed by atoms with Crippen LogP contribution in [-0.2, 0) is 9.53 Å². The number of nitrogens with zero attached hydrogens (tertiary/aromatic N) is 1. The lowest BCUT2D eigenvalue weighted by Gasteiger charge is -2.22. The number of hydrogen-bond donors (Lipinski definition) is 0. The Morgan fingerprint density at radius 2 is 2.24 bits per heavy atom. The van der Waals surface area contributed by atoms with Crippen molar-refractivity contribution in [3.05, 3.63) is 33.8 Å². The molecule has 1 heterocycles. The molecule has 1 fully saturated rings. The lowest BCUT2D eigenvalue weighted by atomic mass is 9.92. The molecule has 112 valence electrons. The predicted octanol–water partition coefficient (Wildman–Crippen LogP) is 4.52. The number of benzene rings is 1. The van der Waals surface area contributed by atoms with E-state index in [0.29, 0.717) is 28.5 Å². The molecule has 2 atom stereocenters. The van der Waals surface area contributed by atoms with Crippen LogP contribution in [0.5, 0.6) is 0 Å². The summed E-state index contributed by atoms with van der Waals surface area (Å²) in [6.07, 6.45) is 4.37. The number of Topliss-reactive ketones (excluding diaryl/α,β-unsaturated/α-hetero) is 1. The lowest BCUT2D eigenvalue weighted by molar-refractivity contribution is -0.120. The van der Waals surface area contributed by atoms with Crippen molar-refractivity contribution in [1.82, 2.24) is 0 Å². The van der Waals surface area contributed by atoms with Gasteiger partial charge in [0.15, 0.2) is 5.78 Å². The maximum Gasteiger partial charge on any atom is 0.154 e. The molecule has 0 bridgehead atoms. The number of ketones is 1. The first-order chi connectivity index (χ1) is 10.1. The molecule has 21 heavy (non-hydrogen) atoms. The molecule has 2 unspecified atom stereocenters. The topological polar surface area (TPSA) is 50.1 Å². The summed E-state index contributed by atoms with van der Waals surface area (Å²) in [5, 5.41) is 10.1. The Balaban J connectivity index is 1.99. The van der Waals surface area contributed by atoms with Crippen molar-refractivity contribution in [2.24, 2.45) is 0 Å². The van der Waals surface area contributed by atoms with Crippen LogP contribution in [0.1, 0.15) is 43.6 Å². The van der Waals surface area contributed by atoms with Gasteiger partial charge in [0.1, 0.15) is 5.92 Å². The highest BCUT2D eigenvalue weighted by Gasteiger charge is 2.24. The van der Waals surface area contributed by atoms with Gasteiger partial charge in [0.05, 0.1) is 12.2 Å². The maximum absolute atomic E-state index is 12.3. The third-order valence-corrected chi connectivity index (χ3v) is 4.27. The molecule has 1 aromatic rings. The smallest absolute Gasteiger partial charge is 0.154 e. The van der Waals surface area contributed by atoms with Crippen LogP contribution in [0.4, 0.5) is 0 Å². The van der Waals surface area contributed by atoms with E-state index in [1.54, 1.807) is 18.2 Å². The summed E-state index contributed by atoms with van der Waals surface area (Å²) in [6.45, 7) is 0.767. The highest BCUT2D eigenvalue weighted by atomic mass is 35.5. The number of ether oxygens (including phenoxy) is 1. The van der Waals surface area contributed by atoms with Crippen molar-refractivity contribution in [3.8, 4) is 6.07 Å². The van der Waals surface area contributed by atoms with Gasteiger partial charge >= 0.3 is 0 Å². The molecule has 1 aromatic carbocycles. The standard InChI is InChI=1S/C16H17Cl2NO2/c17-11-4-6-13(15(18)9-11)14(10-19)16(20)7-5-12-3-1-2-8-21-12/h4,6,9,12,14H,1-3,5,7-8H2. The molecule has 0 spiro atoms. The second-order valence-electron chi connectivity index (χ2n) is 5.22. The van der Waals surface area contributed by atoms with Crippen molar-refractivity contribution in [1.29, 1.82) is 5.26 Å². The van der Waals surface area contributed by atoms with Gasteiger partial charge in [0.2, 0.25) is 0 Å². The Morgan fingerprint density at radius 3 is 2.86 bits per heavy atom. The fourth-order valence-electron chi connectivity index (χ4n) is 2.53. The summed E-state index contributed by atoms with van der Waals surface area (Å²) in [5.74, 6) is -0.950. The first-order valence-corrected chi connectivity index (χ1v) is 7.86. The molecule has 5 heteroatoms. The van der Waals surface area contributed by atoms with E-state index in [-0.39, 0.29) is 11.9 Å². The molecule has 1 saturated heterocycles. The van der Waals surface area contributed by atoms with E-state index < -0.39 is 5.92 Å². The average Bonchev–Trinajstić information content (AvgIpc) is 2.49. The van der Waals surface area contributed by atoms with Crippen LogP contribution in [0.25, 0.3) is 0 Å². The number of carbonyl (C=O) groups is 1. The Morgan fingerprint density at radius 1 is 1.43 bits per heavy atom. The number of hydrogen-bond acceptors (Lipinski definition) is 3. The minimum absolute atomic E-state index is 0.115. The molecule has 3 nitrogen and oxygen atoms in total. The zero-order valence-electron chi connectivity index (χ0n) is 11.6. The van der Waals surface area contributed by atoms with Gasteiger partial charge in [-0.1, -0.05) is 29.3 Å². The van der Waals surface area contributed by atoms with Crippen LogP contribution < -0.4 is 0 Å². The lowest BCUT2D eigenvalue weighted by Crippen LogP contribution is -2.21. The highest BCUT2D eigenvalue weighted by Crippen LogP contribution is 2.29. The predicted molar refractivity (Wildman–Crippen MR) is 82.6 cm³/mol. The van der Waals surface area contributed by atoms with Crippen LogP contribution in [0.2, 0.25) is 10.0 Å². The monoisotopic (exact) mass is 325 g/mol. The highest BCUT2D eigenvalue weighted by molar-refractivity contribution is 6.35. The number of carbonyl (C=O) groups excluding carboxylic acids is 1. The van der Waals surface area contributed by atoms with E-state index >= 15 is 0 Å². The van der Waals surface area contributed by atoms with Gasteiger partial charge in [0, 0.05) is 23.1 Å². The van der Waals surface area contributed by atoms with Gasteiger partial charge in [-0.15, -0.1) is 0 Å². The van der Waals surface area contributed by atoms with Crippen LogP contribution in [0.3, 0.4) is 0 Å². The summed E-state index contributed by atoms with van der Waals surface area (Å²) in [5.41, 5.74) is 0.526. The van der Waals surface area contributed by atoms with E-state index in [1.165, 1.54) is 0 Å². The minimum atomic E-state index is -0.835. The van der Waals surface area contributed by atoms with Crippen molar-refractivity contribution in [3.63, 3.8) is 0 Å². The zero-order valence-corrected chi connectivity index (χ0v) is 13.2. The van der Waals surface area contributed by atoms with Gasteiger partial charge in [-0.05, 0) is 43.4 Å². The number of halogens is 2. The molecule has 1 aliphatic heterocycles. The van der Waals surface area contributed by atoms with Crippen molar-refractivity contribution < 1.29 is 9.53 Å². The van der Waals surface area contributed by atoms with Gasteiger partial charge in [-0.3, -0.25) is 4.79 Å². The molecular weight excluding hydrogens is 309 g/mol. The molecule has 0 aromatic heterocycles. The minimum Gasteiger partial charge on any atom is -0.378 e. The van der Waals surface area contributed by atoms with Gasteiger partial charge < -0.3 is 4.74 Å². The Hall–Kier alpha value is -1.08. The normalized spacial score (nSPS) is 19.8. The number of nitriles is 1. The maximum atomic E-state index is 12.3. The molecule has 0 N–H and O–H groups in total. The summed E-state index contributed by atoms with van der Waals surface area (Å²) in [4.78, 5) is 12.3. The molecular formula is C16H17Cl2NO2. The van der Waals surface area contributed by atoms with Gasteiger partial charge in [-0.2, -0.15) is 5.26 Å². The second-order valence-corrected chi connectivity index (χ2v) is 6.07.